The summed E-state index contributed by atoms with van der Waals surface area (Å²) in [4.78, 5) is 11.1. The van der Waals surface area contributed by atoms with Crippen LogP contribution >= 0.6 is 15.9 Å². The maximum atomic E-state index is 11.1. The Kier molecular flexibility index (Phi) is 6.22. The monoisotopic (exact) mass is 376 g/mol. The smallest absolute Gasteiger partial charge is 0.153 e. The lowest BCUT2D eigenvalue weighted by molar-refractivity contribution is 0.111. The van der Waals surface area contributed by atoms with E-state index in [1.165, 1.54) is 11.1 Å². The number of hydrogen-bond acceptors (Lipinski definition) is 3. The number of carbonyl (C=O) groups excluding carboxylic acids is 1. The van der Waals surface area contributed by atoms with Crippen molar-refractivity contribution in [2.45, 2.75) is 26.7 Å². The van der Waals surface area contributed by atoms with Crippen LogP contribution in [0.1, 0.15) is 41.3 Å². The lowest BCUT2D eigenvalue weighted by atomic mass is 10.0. The predicted octanol–water partition coefficient (Wildman–Crippen LogP) is 5.15. The predicted molar refractivity (Wildman–Crippen MR) is 95.8 cm³/mol. The molecular formula is C19H21BrO3. The third-order valence-corrected chi connectivity index (χ3v) is 3.98. The van der Waals surface area contributed by atoms with E-state index < -0.39 is 0 Å². The average Bonchev–Trinajstić information content (AvgIpc) is 2.52. The lowest BCUT2D eigenvalue weighted by Gasteiger charge is -2.15. The first-order valence-corrected chi connectivity index (χ1v) is 8.41. The molecule has 0 spiro atoms. The molecular weight excluding hydrogens is 356 g/mol. The largest absolute Gasteiger partial charge is 0.490 e. The van der Waals surface area contributed by atoms with Gasteiger partial charge in [-0.25, -0.2) is 0 Å². The molecule has 3 nitrogen and oxygen atoms in total. The number of halogens is 1. The molecule has 0 atom stereocenters. The van der Waals surface area contributed by atoms with Gasteiger partial charge < -0.3 is 9.47 Å². The molecule has 4 heteroatoms. The van der Waals surface area contributed by atoms with Gasteiger partial charge in [-0.3, -0.25) is 4.79 Å². The molecule has 122 valence electrons. The summed E-state index contributed by atoms with van der Waals surface area (Å²) in [6.07, 6.45) is 0.790. The van der Waals surface area contributed by atoms with E-state index in [9.17, 15) is 4.79 Å². The second-order valence-corrected chi connectivity index (χ2v) is 6.61. The minimum atomic E-state index is 0.383. The minimum absolute atomic E-state index is 0.383. The lowest BCUT2D eigenvalue weighted by Crippen LogP contribution is -2.11. The highest BCUT2D eigenvalue weighted by Crippen LogP contribution is 2.27. The normalized spacial score (nSPS) is 10.7. The van der Waals surface area contributed by atoms with E-state index in [0.717, 1.165) is 16.5 Å². The van der Waals surface area contributed by atoms with E-state index in [4.69, 9.17) is 9.47 Å². The van der Waals surface area contributed by atoms with Crippen molar-refractivity contribution < 1.29 is 14.3 Å². The van der Waals surface area contributed by atoms with E-state index in [1.807, 2.05) is 19.1 Å². The fourth-order valence-corrected chi connectivity index (χ4v) is 2.67. The second kappa shape index (κ2) is 8.16. The highest BCUT2D eigenvalue weighted by atomic mass is 79.9. The quantitative estimate of drug-likeness (QED) is 0.494. The molecule has 0 aliphatic carbocycles. The van der Waals surface area contributed by atoms with Crippen molar-refractivity contribution in [3.63, 3.8) is 0 Å². The van der Waals surface area contributed by atoms with Gasteiger partial charge in [-0.05, 0) is 48.2 Å². The van der Waals surface area contributed by atoms with Gasteiger partial charge >= 0.3 is 0 Å². The summed E-state index contributed by atoms with van der Waals surface area (Å²) < 4.78 is 12.4. The molecule has 0 heterocycles. The molecule has 2 aromatic rings. The Morgan fingerprint density at radius 2 is 1.74 bits per heavy atom. The number of benzene rings is 2. The van der Waals surface area contributed by atoms with Crippen LogP contribution < -0.4 is 9.47 Å². The van der Waals surface area contributed by atoms with Crippen molar-refractivity contribution in [1.82, 2.24) is 0 Å². The zero-order valence-electron chi connectivity index (χ0n) is 13.6. The van der Waals surface area contributed by atoms with Gasteiger partial charge in [0.1, 0.15) is 24.7 Å². The SMILES string of the molecule is Cc1ccc(C(C)C)c(OCCOc2ccc(Br)cc2C=O)c1. The number of rotatable bonds is 7. The molecule has 0 aromatic heterocycles. The van der Waals surface area contributed by atoms with Crippen molar-refractivity contribution in [2.75, 3.05) is 13.2 Å². The van der Waals surface area contributed by atoms with Crippen LogP contribution in [0.4, 0.5) is 0 Å². The number of ether oxygens (including phenoxy) is 2. The van der Waals surface area contributed by atoms with Gasteiger partial charge in [-0.2, -0.15) is 0 Å². The third-order valence-electron chi connectivity index (χ3n) is 3.49. The van der Waals surface area contributed by atoms with Gasteiger partial charge in [0.2, 0.25) is 0 Å². The zero-order valence-corrected chi connectivity index (χ0v) is 15.2. The second-order valence-electron chi connectivity index (χ2n) is 5.69. The highest BCUT2D eigenvalue weighted by Gasteiger charge is 2.09. The molecule has 0 aliphatic rings. The molecule has 0 radical (unpaired) electrons. The van der Waals surface area contributed by atoms with E-state index in [0.29, 0.717) is 30.4 Å². The molecule has 0 N–H and O–H groups in total. The standard InChI is InChI=1S/C19H21BrO3/c1-13(2)17-6-4-14(3)10-19(17)23-9-8-22-18-7-5-16(20)11-15(18)12-21/h4-7,10-13H,8-9H2,1-3H3. The van der Waals surface area contributed by atoms with Crippen LogP contribution in [0.2, 0.25) is 0 Å². The number of aryl methyl sites for hydroxylation is 1. The van der Waals surface area contributed by atoms with Gasteiger partial charge in [0.25, 0.3) is 0 Å². The summed E-state index contributed by atoms with van der Waals surface area (Å²) in [5.74, 6) is 1.87. The highest BCUT2D eigenvalue weighted by molar-refractivity contribution is 9.10. The van der Waals surface area contributed by atoms with Crippen LogP contribution in [-0.2, 0) is 0 Å². The van der Waals surface area contributed by atoms with Gasteiger partial charge in [-0.1, -0.05) is 41.9 Å². The fraction of sp³-hybridized carbons (Fsp3) is 0.316. The van der Waals surface area contributed by atoms with Crippen molar-refractivity contribution in [2.24, 2.45) is 0 Å². The Labute approximate surface area is 145 Å². The maximum absolute atomic E-state index is 11.1. The van der Waals surface area contributed by atoms with Gasteiger partial charge in [-0.15, -0.1) is 0 Å². The summed E-state index contributed by atoms with van der Waals surface area (Å²) in [6, 6.07) is 11.6. The van der Waals surface area contributed by atoms with E-state index in [1.54, 1.807) is 12.1 Å². The Hall–Kier alpha value is -1.81. The molecule has 0 unspecified atom stereocenters. The molecule has 0 aliphatic heterocycles. The molecule has 0 bridgehead atoms. The van der Waals surface area contributed by atoms with Gasteiger partial charge in [0, 0.05) is 4.47 Å². The van der Waals surface area contributed by atoms with Crippen LogP contribution in [0.25, 0.3) is 0 Å². The van der Waals surface area contributed by atoms with Crippen molar-refractivity contribution in [1.29, 1.82) is 0 Å². The first-order valence-electron chi connectivity index (χ1n) is 7.62. The van der Waals surface area contributed by atoms with E-state index in [2.05, 4.69) is 41.9 Å². The number of aldehydes is 1. The van der Waals surface area contributed by atoms with Crippen LogP contribution in [-0.4, -0.2) is 19.5 Å². The molecule has 2 aromatic carbocycles. The van der Waals surface area contributed by atoms with Crippen LogP contribution in [0.5, 0.6) is 11.5 Å². The summed E-state index contributed by atoms with van der Waals surface area (Å²) in [5.41, 5.74) is 2.88. The van der Waals surface area contributed by atoms with Gasteiger partial charge in [0.15, 0.2) is 6.29 Å². The average molecular weight is 377 g/mol. The fourth-order valence-electron chi connectivity index (χ4n) is 2.29. The van der Waals surface area contributed by atoms with Crippen molar-refractivity contribution in [3.05, 3.63) is 57.6 Å². The zero-order chi connectivity index (χ0) is 16.8. The number of carbonyl (C=O) groups is 1. The summed E-state index contributed by atoms with van der Waals surface area (Å²) in [7, 11) is 0. The molecule has 0 saturated heterocycles. The molecule has 0 amide bonds. The van der Waals surface area contributed by atoms with Crippen LogP contribution in [0.3, 0.4) is 0 Å². The molecule has 0 fully saturated rings. The maximum Gasteiger partial charge on any atom is 0.153 e. The summed E-state index contributed by atoms with van der Waals surface area (Å²) in [5, 5.41) is 0. The minimum Gasteiger partial charge on any atom is -0.490 e. The van der Waals surface area contributed by atoms with Gasteiger partial charge in [0.05, 0.1) is 5.56 Å². The van der Waals surface area contributed by atoms with Crippen LogP contribution in [0.15, 0.2) is 40.9 Å². The number of hydrogen-bond donors (Lipinski definition) is 0. The third kappa shape index (κ3) is 4.83. The summed E-state index contributed by atoms with van der Waals surface area (Å²) >= 11 is 3.34. The Morgan fingerprint density at radius 3 is 2.39 bits per heavy atom. The first kappa shape index (κ1) is 17.5. The topological polar surface area (TPSA) is 35.5 Å². The molecule has 0 saturated carbocycles. The Bertz CT molecular complexity index is 680. The van der Waals surface area contributed by atoms with Crippen molar-refractivity contribution >= 4 is 22.2 Å². The molecule has 23 heavy (non-hydrogen) atoms. The Balaban J connectivity index is 1.96. The first-order chi connectivity index (χ1) is 11.0. The molecule has 2 rings (SSSR count). The Morgan fingerprint density at radius 1 is 1.04 bits per heavy atom. The van der Waals surface area contributed by atoms with Crippen molar-refractivity contribution in [3.8, 4) is 11.5 Å². The van der Waals surface area contributed by atoms with E-state index in [-0.39, 0.29) is 0 Å². The summed E-state index contributed by atoms with van der Waals surface area (Å²) in [6.45, 7) is 7.15. The van der Waals surface area contributed by atoms with E-state index >= 15 is 0 Å². The van der Waals surface area contributed by atoms with Crippen LogP contribution in [0, 0.1) is 6.92 Å².